The van der Waals surface area contributed by atoms with Gasteiger partial charge in [-0.15, -0.1) is 6.42 Å². The molecule has 21 heavy (non-hydrogen) atoms. The van der Waals surface area contributed by atoms with E-state index in [2.05, 4.69) is 5.92 Å². The minimum Gasteiger partial charge on any atom is -0.368 e. The average molecular weight is 326 g/mol. The molecule has 0 aromatic heterocycles. The first-order chi connectivity index (χ1) is 10.1. The van der Waals surface area contributed by atoms with Crippen molar-refractivity contribution >= 4 is 29.1 Å². The molecule has 3 nitrogen and oxygen atoms in total. The Bertz CT molecular complexity index is 554. The zero-order valence-electron chi connectivity index (χ0n) is 11.6. The number of carbonyl (C=O) groups excluding carboxylic acids is 1. The highest BCUT2D eigenvalue weighted by molar-refractivity contribution is 6.36. The first kappa shape index (κ1) is 16.2. The summed E-state index contributed by atoms with van der Waals surface area (Å²) in [5.74, 6) is 2.71. The van der Waals surface area contributed by atoms with Crippen molar-refractivity contribution in [3.05, 3.63) is 33.8 Å². The summed E-state index contributed by atoms with van der Waals surface area (Å²) in [5.41, 5.74) is 0.492. The number of rotatable bonds is 4. The number of benzene rings is 1. The zero-order valence-corrected chi connectivity index (χ0v) is 13.2. The van der Waals surface area contributed by atoms with Crippen molar-refractivity contribution < 1.29 is 9.53 Å². The van der Waals surface area contributed by atoms with Gasteiger partial charge >= 0.3 is 0 Å². The number of piperidine rings is 1. The average Bonchev–Trinajstić information content (AvgIpc) is 2.47. The van der Waals surface area contributed by atoms with Gasteiger partial charge in [0.15, 0.2) is 0 Å². The summed E-state index contributed by atoms with van der Waals surface area (Å²) < 4.78 is 5.38. The van der Waals surface area contributed by atoms with Crippen molar-refractivity contribution in [3.63, 3.8) is 0 Å². The molecular weight excluding hydrogens is 309 g/mol. The minimum absolute atomic E-state index is 0.0571. The lowest BCUT2D eigenvalue weighted by Gasteiger charge is -2.32. The van der Waals surface area contributed by atoms with Crippen molar-refractivity contribution in [1.82, 2.24) is 4.90 Å². The first-order valence-corrected chi connectivity index (χ1v) is 7.63. The standard InChI is InChI=1S/C16H17Cl2NO2/c1-2-8-21-11-12-4-3-7-19(10-12)16(20)14-6-5-13(17)9-15(14)18/h1,5-6,9,12H,3-4,7-8,10-11H2. The Hall–Kier alpha value is -1.21. The molecule has 0 aliphatic carbocycles. The number of terminal acetylenes is 1. The van der Waals surface area contributed by atoms with Crippen LogP contribution in [0.4, 0.5) is 0 Å². The third-order valence-electron chi connectivity index (χ3n) is 3.51. The number of halogens is 2. The van der Waals surface area contributed by atoms with Crippen molar-refractivity contribution in [1.29, 1.82) is 0 Å². The molecular formula is C16H17Cl2NO2. The lowest BCUT2D eigenvalue weighted by molar-refractivity contribution is 0.0534. The molecule has 1 atom stereocenters. The fourth-order valence-corrected chi connectivity index (χ4v) is 2.99. The number of hydrogen-bond donors (Lipinski definition) is 0. The maximum absolute atomic E-state index is 12.5. The third-order valence-corrected chi connectivity index (χ3v) is 4.05. The van der Waals surface area contributed by atoms with Crippen molar-refractivity contribution in [2.24, 2.45) is 5.92 Å². The Morgan fingerprint density at radius 3 is 3.00 bits per heavy atom. The molecule has 1 saturated heterocycles. The highest BCUT2D eigenvalue weighted by atomic mass is 35.5. The minimum atomic E-state index is -0.0571. The van der Waals surface area contributed by atoms with Gasteiger partial charge in [0.2, 0.25) is 0 Å². The molecule has 1 aliphatic heterocycles. The van der Waals surface area contributed by atoms with Crippen LogP contribution in [0, 0.1) is 18.3 Å². The first-order valence-electron chi connectivity index (χ1n) is 6.87. The summed E-state index contributed by atoms with van der Waals surface area (Å²) >= 11 is 12.0. The molecule has 5 heteroatoms. The molecule has 0 bridgehead atoms. The smallest absolute Gasteiger partial charge is 0.255 e. The fourth-order valence-electron chi connectivity index (χ4n) is 2.50. The van der Waals surface area contributed by atoms with Gasteiger partial charge in [-0.3, -0.25) is 4.79 Å². The molecule has 0 spiro atoms. The highest BCUT2D eigenvalue weighted by Crippen LogP contribution is 2.25. The van der Waals surface area contributed by atoms with Crippen LogP contribution in [-0.4, -0.2) is 37.1 Å². The highest BCUT2D eigenvalue weighted by Gasteiger charge is 2.25. The van der Waals surface area contributed by atoms with Crippen molar-refractivity contribution in [2.75, 3.05) is 26.3 Å². The molecule has 1 aromatic carbocycles. The predicted molar refractivity (Wildman–Crippen MR) is 84.7 cm³/mol. The van der Waals surface area contributed by atoms with E-state index in [0.29, 0.717) is 41.3 Å². The zero-order chi connectivity index (χ0) is 15.2. The van der Waals surface area contributed by atoms with Crippen LogP contribution in [-0.2, 0) is 4.74 Å². The third kappa shape index (κ3) is 4.38. The molecule has 1 amide bonds. The number of likely N-dealkylation sites (tertiary alicyclic amines) is 1. The van der Waals surface area contributed by atoms with Gasteiger partial charge in [-0.25, -0.2) is 0 Å². The van der Waals surface area contributed by atoms with E-state index in [1.807, 2.05) is 4.90 Å². The van der Waals surface area contributed by atoms with Crippen LogP contribution in [0.3, 0.4) is 0 Å². The van der Waals surface area contributed by atoms with E-state index in [-0.39, 0.29) is 5.91 Å². The normalized spacial score (nSPS) is 18.3. The Morgan fingerprint density at radius 2 is 2.29 bits per heavy atom. The van der Waals surface area contributed by atoms with Crippen LogP contribution in [0.25, 0.3) is 0 Å². The second-order valence-electron chi connectivity index (χ2n) is 5.10. The van der Waals surface area contributed by atoms with Gasteiger partial charge < -0.3 is 9.64 Å². The number of nitrogens with zero attached hydrogens (tertiary/aromatic N) is 1. The predicted octanol–water partition coefficient (Wildman–Crippen LogP) is 3.50. The van der Waals surface area contributed by atoms with Gasteiger partial charge in [0.05, 0.1) is 17.2 Å². The molecule has 2 rings (SSSR count). The maximum atomic E-state index is 12.5. The van der Waals surface area contributed by atoms with E-state index in [1.54, 1.807) is 18.2 Å². The summed E-state index contributed by atoms with van der Waals surface area (Å²) in [5, 5.41) is 0.911. The van der Waals surface area contributed by atoms with Crippen LogP contribution in [0.1, 0.15) is 23.2 Å². The molecule has 0 N–H and O–H groups in total. The molecule has 1 aromatic rings. The van der Waals surface area contributed by atoms with Gasteiger partial charge in [0, 0.05) is 24.0 Å². The molecule has 0 radical (unpaired) electrons. The van der Waals surface area contributed by atoms with Gasteiger partial charge in [0.1, 0.15) is 6.61 Å². The van der Waals surface area contributed by atoms with Crippen LogP contribution >= 0.6 is 23.2 Å². The Kier molecular flexibility index (Phi) is 5.93. The molecule has 112 valence electrons. The Balaban J connectivity index is 2.00. The monoisotopic (exact) mass is 325 g/mol. The number of ether oxygens (including phenoxy) is 1. The number of hydrogen-bond acceptors (Lipinski definition) is 2. The van der Waals surface area contributed by atoms with E-state index >= 15 is 0 Å². The number of carbonyl (C=O) groups is 1. The molecule has 0 saturated carbocycles. The second kappa shape index (κ2) is 7.70. The van der Waals surface area contributed by atoms with E-state index in [4.69, 9.17) is 34.4 Å². The topological polar surface area (TPSA) is 29.5 Å². The van der Waals surface area contributed by atoms with Gasteiger partial charge in [-0.2, -0.15) is 0 Å². The molecule has 1 fully saturated rings. The molecule has 1 heterocycles. The van der Waals surface area contributed by atoms with Gasteiger partial charge in [-0.1, -0.05) is 29.1 Å². The second-order valence-corrected chi connectivity index (χ2v) is 5.95. The van der Waals surface area contributed by atoms with Crippen LogP contribution < -0.4 is 0 Å². The van der Waals surface area contributed by atoms with Gasteiger partial charge in [0.25, 0.3) is 5.91 Å². The maximum Gasteiger partial charge on any atom is 0.255 e. The van der Waals surface area contributed by atoms with Gasteiger partial charge in [-0.05, 0) is 31.0 Å². The quantitative estimate of drug-likeness (QED) is 0.626. The van der Waals surface area contributed by atoms with E-state index in [9.17, 15) is 4.79 Å². The van der Waals surface area contributed by atoms with Crippen molar-refractivity contribution in [3.8, 4) is 12.3 Å². The van der Waals surface area contributed by atoms with Crippen molar-refractivity contribution in [2.45, 2.75) is 12.8 Å². The Morgan fingerprint density at radius 1 is 1.48 bits per heavy atom. The van der Waals surface area contributed by atoms with E-state index in [0.717, 1.165) is 19.4 Å². The summed E-state index contributed by atoms with van der Waals surface area (Å²) in [7, 11) is 0. The lowest BCUT2D eigenvalue weighted by atomic mass is 9.98. The molecule has 1 unspecified atom stereocenters. The SMILES string of the molecule is C#CCOCC1CCCN(C(=O)c2ccc(Cl)cc2Cl)C1. The number of amides is 1. The Labute approximate surface area is 135 Å². The summed E-state index contributed by atoms with van der Waals surface area (Å²) in [6.45, 7) is 2.31. The van der Waals surface area contributed by atoms with E-state index in [1.165, 1.54) is 0 Å². The summed E-state index contributed by atoms with van der Waals surface area (Å²) in [6, 6.07) is 4.94. The summed E-state index contributed by atoms with van der Waals surface area (Å²) in [4.78, 5) is 14.4. The molecule has 1 aliphatic rings. The fraction of sp³-hybridized carbons (Fsp3) is 0.438. The van der Waals surface area contributed by atoms with Crippen LogP contribution in [0.2, 0.25) is 10.0 Å². The van der Waals surface area contributed by atoms with Crippen LogP contribution in [0.5, 0.6) is 0 Å². The lowest BCUT2D eigenvalue weighted by Crippen LogP contribution is -2.41. The summed E-state index contributed by atoms with van der Waals surface area (Å²) in [6.07, 6.45) is 7.16. The van der Waals surface area contributed by atoms with Crippen LogP contribution in [0.15, 0.2) is 18.2 Å². The van der Waals surface area contributed by atoms with E-state index < -0.39 is 0 Å². The largest absolute Gasteiger partial charge is 0.368 e.